The van der Waals surface area contributed by atoms with Crippen molar-refractivity contribution in [3.8, 4) is 6.07 Å². The van der Waals surface area contributed by atoms with Crippen molar-refractivity contribution < 1.29 is 9.90 Å². The Labute approximate surface area is 114 Å². The summed E-state index contributed by atoms with van der Waals surface area (Å²) in [6.07, 6.45) is 3.88. The average Bonchev–Trinajstić information content (AvgIpc) is 3.18. The van der Waals surface area contributed by atoms with Gasteiger partial charge in [0.05, 0.1) is 18.7 Å². The first kappa shape index (κ1) is 14.3. The summed E-state index contributed by atoms with van der Waals surface area (Å²) in [6.45, 7) is 2.54. The Morgan fingerprint density at radius 2 is 2.16 bits per heavy atom. The number of carbonyl (C=O) groups excluding carboxylic acids is 1. The summed E-state index contributed by atoms with van der Waals surface area (Å²) in [5, 5.41) is 21.8. The molecule has 5 heteroatoms. The summed E-state index contributed by atoms with van der Waals surface area (Å²) in [5.74, 6) is 0.576. The van der Waals surface area contributed by atoms with Gasteiger partial charge in [0.25, 0.3) is 0 Å². The number of aliphatic hydroxyl groups is 1. The fourth-order valence-corrected chi connectivity index (χ4v) is 2.47. The first-order valence-electron chi connectivity index (χ1n) is 7.03. The van der Waals surface area contributed by atoms with Gasteiger partial charge in [0.15, 0.2) is 0 Å². The highest BCUT2D eigenvalue weighted by Crippen LogP contribution is 2.39. The monoisotopic (exact) mass is 265 g/mol. The zero-order chi connectivity index (χ0) is 14.0. The number of likely N-dealkylation sites (N-methyl/N-ethyl adjacent to an activating group) is 1. The van der Waals surface area contributed by atoms with Crippen molar-refractivity contribution in [1.82, 2.24) is 10.2 Å². The summed E-state index contributed by atoms with van der Waals surface area (Å²) in [7, 11) is 1.83. The smallest absolute Gasteiger partial charge is 0.235 e. The van der Waals surface area contributed by atoms with E-state index in [9.17, 15) is 15.2 Å². The first-order valence-corrected chi connectivity index (χ1v) is 7.03. The van der Waals surface area contributed by atoms with Crippen molar-refractivity contribution in [3.05, 3.63) is 0 Å². The number of amides is 1. The van der Waals surface area contributed by atoms with E-state index < -0.39 is 5.54 Å². The Balaban J connectivity index is 1.75. The minimum Gasteiger partial charge on any atom is -0.392 e. The Kier molecular flexibility index (Phi) is 4.12. The summed E-state index contributed by atoms with van der Waals surface area (Å²) < 4.78 is 0. The molecule has 0 aromatic heterocycles. The van der Waals surface area contributed by atoms with Crippen molar-refractivity contribution in [2.75, 3.05) is 20.1 Å². The number of carbonyl (C=O) groups is 1. The van der Waals surface area contributed by atoms with Crippen LogP contribution in [0, 0.1) is 23.2 Å². The van der Waals surface area contributed by atoms with Gasteiger partial charge in [-0.2, -0.15) is 5.26 Å². The molecule has 2 aliphatic rings. The highest BCUT2D eigenvalue weighted by Gasteiger charge is 2.43. The van der Waals surface area contributed by atoms with Crippen LogP contribution in [-0.2, 0) is 4.79 Å². The third kappa shape index (κ3) is 3.92. The minimum atomic E-state index is -0.729. The molecule has 1 amide bonds. The van der Waals surface area contributed by atoms with E-state index in [1.54, 1.807) is 6.92 Å². The Hall–Kier alpha value is -1.12. The second-order valence-electron chi connectivity index (χ2n) is 6.24. The van der Waals surface area contributed by atoms with Crippen LogP contribution in [-0.4, -0.2) is 47.7 Å². The van der Waals surface area contributed by atoms with Gasteiger partial charge in [-0.1, -0.05) is 0 Å². The number of nitrogens with one attached hydrogen (secondary N) is 1. The molecule has 0 bridgehead atoms. The van der Waals surface area contributed by atoms with Gasteiger partial charge in [-0.25, -0.2) is 0 Å². The SMILES string of the molecule is CN(CC(=O)NC(C)(C#N)C1CC1)CC(O)C1CC1. The van der Waals surface area contributed by atoms with Crippen molar-refractivity contribution in [2.45, 2.75) is 44.2 Å². The van der Waals surface area contributed by atoms with Crippen molar-refractivity contribution in [1.29, 1.82) is 5.26 Å². The second kappa shape index (κ2) is 5.48. The summed E-state index contributed by atoms with van der Waals surface area (Å²) >= 11 is 0. The normalized spacial score (nSPS) is 23.5. The zero-order valence-corrected chi connectivity index (χ0v) is 11.7. The highest BCUT2D eigenvalue weighted by molar-refractivity contribution is 5.79. The molecule has 19 heavy (non-hydrogen) atoms. The molecule has 0 aromatic rings. The number of hydrogen-bond donors (Lipinski definition) is 2. The first-order chi connectivity index (χ1) is 8.94. The van der Waals surface area contributed by atoms with Crippen molar-refractivity contribution >= 4 is 5.91 Å². The molecule has 0 radical (unpaired) electrons. The quantitative estimate of drug-likeness (QED) is 0.702. The molecule has 2 aliphatic carbocycles. The van der Waals surface area contributed by atoms with Crippen LogP contribution in [0.25, 0.3) is 0 Å². The maximum Gasteiger partial charge on any atom is 0.235 e. The van der Waals surface area contributed by atoms with E-state index in [0.29, 0.717) is 18.4 Å². The molecule has 0 spiro atoms. The number of hydrogen-bond acceptors (Lipinski definition) is 4. The van der Waals surface area contributed by atoms with Crippen molar-refractivity contribution in [2.24, 2.45) is 11.8 Å². The third-order valence-corrected chi connectivity index (χ3v) is 4.10. The lowest BCUT2D eigenvalue weighted by Gasteiger charge is -2.25. The number of rotatable bonds is 7. The van der Waals surface area contributed by atoms with E-state index in [0.717, 1.165) is 25.7 Å². The molecule has 2 fully saturated rings. The molecule has 2 unspecified atom stereocenters. The van der Waals surface area contributed by atoms with Gasteiger partial charge >= 0.3 is 0 Å². The molecule has 2 saturated carbocycles. The molecule has 0 saturated heterocycles. The lowest BCUT2D eigenvalue weighted by molar-refractivity contribution is -0.123. The predicted molar refractivity (Wildman–Crippen MR) is 71.1 cm³/mol. The van der Waals surface area contributed by atoms with Crippen LogP contribution in [0.5, 0.6) is 0 Å². The van der Waals surface area contributed by atoms with E-state index in [4.69, 9.17) is 0 Å². The van der Waals surface area contributed by atoms with Crippen LogP contribution < -0.4 is 5.32 Å². The van der Waals surface area contributed by atoms with Crippen LogP contribution in [0.1, 0.15) is 32.6 Å². The topological polar surface area (TPSA) is 76.4 Å². The molecule has 106 valence electrons. The van der Waals surface area contributed by atoms with Gasteiger partial charge in [0, 0.05) is 6.54 Å². The van der Waals surface area contributed by atoms with Gasteiger partial charge in [-0.15, -0.1) is 0 Å². The molecule has 0 aromatic carbocycles. The van der Waals surface area contributed by atoms with Crippen LogP contribution >= 0.6 is 0 Å². The molecule has 2 N–H and O–H groups in total. The molecular formula is C14H23N3O2. The fraction of sp³-hybridized carbons (Fsp3) is 0.857. The van der Waals surface area contributed by atoms with Crippen LogP contribution in [0.3, 0.4) is 0 Å². The molecule has 2 rings (SSSR count). The maximum atomic E-state index is 11.9. The standard InChI is InChI=1S/C14H23N3O2/c1-14(9-15,11-5-6-11)16-13(19)8-17(2)7-12(18)10-3-4-10/h10-12,18H,3-8H2,1-2H3,(H,16,19). The molecular weight excluding hydrogens is 242 g/mol. The highest BCUT2D eigenvalue weighted by atomic mass is 16.3. The van der Waals surface area contributed by atoms with Crippen LogP contribution in [0.4, 0.5) is 0 Å². The van der Waals surface area contributed by atoms with E-state index in [2.05, 4.69) is 11.4 Å². The van der Waals surface area contributed by atoms with E-state index in [1.165, 1.54) is 0 Å². The molecule has 0 aliphatic heterocycles. The van der Waals surface area contributed by atoms with E-state index in [-0.39, 0.29) is 18.6 Å². The Morgan fingerprint density at radius 1 is 1.53 bits per heavy atom. The molecule has 2 atom stereocenters. The third-order valence-electron chi connectivity index (χ3n) is 4.10. The van der Waals surface area contributed by atoms with Gasteiger partial charge in [-0.3, -0.25) is 9.69 Å². The van der Waals surface area contributed by atoms with E-state index in [1.807, 2.05) is 11.9 Å². The lowest BCUT2D eigenvalue weighted by Crippen LogP contribution is -2.50. The Bertz CT molecular complexity index is 385. The molecule has 0 heterocycles. The maximum absolute atomic E-state index is 11.9. The van der Waals surface area contributed by atoms with Crippen molar-refractivity contribution in [3.63, 3.8) is 0 Å². The lowest BCUT2D eigenvalue weighted by atomic mass is 9.98. The summed E-state index contributed by atoms with van der Waals surface area (Å²) in [6, 6.07) is 2.21. The van der Waals surface area contributed by atoms with Gasteiger partial charge < -0.3 is 10.4 Å². The number of nitrogens with zero attached hydrogens (tertiary/aromatic N) is 2. The summed E-state index contributed by atoms with van der Waals surface area (Å²) in [4.78, 5) is 13.8. The summed E-state index contributed by atoms with van der Waals surface area (Å²) in [5.41, 5.74) is -0.729. The Morgan fingerprint density at radius 3 is 2.63 bits per heavy atom. The second-order valence-corrected chi connectivity index (χ2v) is 6.24. The average molecular weight is 265 g/mol. The predicted octanol–water partition coefficient (Wildman–Crippen LogP) is 0.498. The van der Waals surface area contributed by atoms with Crippen LogP contribution in [0.15, 0.2) is 0 Å². The fourth-order valence-electron chi connectivity index (χ4n) is 2.47. The van der Waals surface area contributed by atoms with E-state index >= 15 is 0 Å². The minimum absolute atomic E-state index is 0.138. The number of nitriles is 1. The van der Waals surface area contributed by atoms with Gasteiger partial charge in [0.2, 0.25) is 5.91 Å². The van der Waals surface area contributed by atoms with Gasteiger partial charge in [-0.05, 0) is 51.5 Å². The zero-order valence-electron chi connectivity index (χ0n) is 11.7. The van der Waals surface area contributed by atoms with Gasteiger partial charge in [0.1, 0.15) is 5.54 Å². The molecule has 5 nitrogen and oxygen atoms in total. The number of aliphatic hydroxyl groups excluding tert-OH is 1. The van der Waals surface area contributed by atoms with Crippen LogP contribution in [0.2, 0.25) is 0 Å². The largest absolute Gasteiger partial charge is 0.392 e.